The second kappa shape index (κ2) is 5.54. The Morgan fingerprint density at radius 1 is 1.33 bits per heavy atom. The van der Waals surface area contributed by atoms with Crippen molar-refractivity contribution in [1.29, 1.82) is 0 Å². The number of benzene rings is 1. The minimum atomic E-state index is -0.907. The summed E-state index contributed by atoms with van der Waals surface area (Å²) in [5.74, 6) is 0.626. The van der Waals surface area contributed by atoms with E-state index in [1.54, 1.807) is 6.92 Å². The number of aliphatic carboxylic acids is 1. The van der Waals surface area contributed by atoms with Gasteiger partial charge < -0.3 is 19.9 Å². The van der Waals surface area contributed by atoms with Gasteiger partial charge in [0.1, 0.15) is 5.54 Å². The zero-order chi connectivity index (χ0) is 14.9. The average Bonchev–Trinajstić information content (AvgIpc) is 2.95. The molecular weight excluding hydrogens is 272 g/mol. The van der Waals surface area contributed by atoms with Crippen LogP contribution in [0.25, 0.3) is 0 Å². The lowest BCUT2D eigenvalue weighted by atomic mass is 9.90. The first-order valence-electron chi connectivity index (χ1n) is 7.17. The summed E-state index contributed by atoms with van der Waals surface area (Å²) in [7, 11) is 0. The van der Waals surface area contributed by atoms with E-state index in [9.17, 15) is 9.90 Å². The van der Waals surface area contributed by atoms with Gasteiger partial charge in [-0.1, -0.05) is 6.07 Å². The van der Waals surface area contributed by atoms with Gasteiger partial charge in [-0.2, -0.15) is 0 Å². The molecular formula is C15H20N2O4. The number of carboxylic acids is 1. The monoisotopic (exact) mass is 292 g/mol. The van der Waals surface area contributed by atoms with E-state index in [2.05, 4.69) is 5.32 Å². The number of hydrogen-bond acceptors (Lipinski definition) is 5. The fraction of sp³-hybridized carbons (Fsp3) is 0.533. The third-order valence-corrected chi connectivity index (χ3v) is 4.26. The minimum absolute atomic E-state index is 0.229. The third-order valence-electron chi connectivity index (χ3n) is 4.26. The van der Waals surface area contributed by atoms with Gasteiger partial charge in [-0.3, -0.25) is 9.69 Å². The molecule has 0 aliphatic carbocycles. The topological polar surface area (TPSA) is 71.0 Å². The summed E-state index contributed by atoms with van der Waals surface area (Å²) in [5, 5.41) is 13.0. The highest BCUT2D eigenvalue weighted by Crippen LogP contribution is 2.34. The first kappa shape index (κ1) is 14.2. The molecule has 2 heterocycles. The van der Waals surface area contributed by atoms with Crippen molar-refractivity contribution in [3.8, 4) is 11.5 Å². The number of fused-ring (bicyclic) bond motifs is 1. The van der Waals surface area contributed by atoms with E-state index >= 15 is 0 Å². The van der Waals surface area contributed by atoms with Crippen molar-refractivity contribution in [3.63, 3.8) is 0 Å². The SMILES string of the molecule is CC(Cc1ccc2c(c1)OCO2)(C(=O)O)N1CCNCC1. The molecule has 6 nitrogen and oxygen atoms in total. The van der Waals surface area contributed by atoms with Crippen molar-refractivity contribution in [2.24, 2.45) is 0 Å². The lowest BCUT2D eigenvalue weighted by molar-refractivity contribution is -0.151. The molecule has 3 rings (SSSR count). The second-order valence-electron chi connectivity index (χ2n) is 5.68. The van der Waals surface area contributed by atoms with Crippen LogP contribution in [-0.4, -0.2) is 54.5 Å². The van der Waals surface area contributed by atoms with Crippen molar-refractivity contribution < 1.29 is 19.4 Å². The number of carbonyl (C=O) groups is 1. The summed E-state index contributed by atoms with van der Waals surface area (Å²) in [6, 6.07) is 5.64. The molecule has 0 spiro atoms. The van der Waals surface area contributed by atoms with Crippen LogP contribution in [0, 0.1) is 0 Å². The Morgan fingerprint density at radius 3 is 2.76 bits per heavy atom. The quantitative estimate of drug-likeness (QED) is 0.851. The smallest absolute Gasteiger partial charge is 0.324 e. The maximum atomic E-state index is 11.8. The standard InChI is InChI=1S/C15H20N2O4/c1-15(14(18)19,17-6-4-16-5-7-17)9-11-2-3-12-13(8-11)21-10-20-12/h2-3,8,16H,4-7,9-10H2,1H3,(H,18,19). The van der Waals surface area contributed by atoms with E-state index in [1.165, 1.54) is 0 Å². The zero-order valence-electron chi connectivity index (χ0n) is 12.1. The molecule has 1 unspecified atom stereocenters. The molecule has 1 aromatic rings. The summed E-state index contributed by atoms with van der Waals surface area (Å²) in [6.07, 6.45) is 0.443. The van der Waals surface area contributed by atoms with Gasteiger partial charge >= 0.3 is 5.97 Å². The number of nitrogens with zero attached hydrogens (tertiary/aromatic N) is 1. The average molecular weight is 292 g/mol. The van der Waals surface area contributed by atoms with Crippen LogP contribution in [-0.2, 0) is 11.2 Å². The van der Waals surface area contributed by atoms with Gasteiger partial charge in [0, 0.05) is 32.6 Å². The van der Waals surface area contributed by atoms with E-state index in [-0.39, 0.29) is 6.79 Å². The van der Waals surface area contributed by atoms with Crippen molar-refractivity contribution in [2.45, 2.75) is 18.9 Å². The zero-order valence-corrected chi connectivity index (χ0v) is 12.1. The summed E-state index contributed by atoms with van der Waals surface area (Å²) < 4.78 is 10.7. The first-order valence-corrected chi connectivity index (χ1v) is 7.17. The molecule has 0 amide bonds. The molecule has 0 aromatic heterocycles. The van der Waals surface area contributed by atoms with Crippen LogP contribution in [0.1, 0.15) is 12.5 Å². The molecule has 0 bridgehead atoms. The van der Waals surface area contributed by atoms with Crippen molar-refractivity contribution in [3.05, 3.63) is 23.8 Å². The number of rotatable bonds is 4. The Kier molecular flexibility index (Phi) is 3.73. The van der Waals surface area contributed by atoms with Crippen LogP contribution in [0.5, 0.6) is 11.5 Å². The van der Waals surface area contributed by atoms with Crippen LogP contribution < -0.4 is 14.8 Å². The molecule has 0 saturated carbocycles. The van der Waals surface area contributed by atoms with Crippen LogP contribution >= 0.6 is 0 Å². The summed E-state index contributed by atoms with van der Waals surface area (Å²) in [5.41, 5.74) is 0.0400. The second-order valence-corrected chi connectivity index (χ2v) is 5.68. The van der Waals surface area contributed by atoms with Gasteiger partial charge in [0.25, 0.3) is 0 Å². The van der Waals surface area contributed by atoms with Crippen LogP contribution in [0.2, 0.25) is 0 Å². The van der Waals surface area contributed by atoms with E-state index in [0.29, 0.717) is 12.2 Å². The highest BCUT2D eigenvalue weighted by Gasteiger charge is 2.40. The number of piperazine rings is 1. The Labute approximate surface area is 123 Å². The minimum Gasteiger partial charge on any atom is -0.480 e. The lowest BCUT2D eigenvalue weighted by Gasteiger charge is -2.40. The van der Waals surface area contributed by atoms with E-state index in [4.69, 9.17) is 9.47 Å². The fourth-order valence-electron chi connectivity index (χ4n) is 2.93. The van der Waals surface area contributed by atoms with E-state index in [1.807, 2.05) is 23.1 Å². The number of ether oxygens (including phenoxy) is 2. The van der Waals surface area contributed by atoms with Gasteiger partial charge in [-0.25, -0.2) is 0 Å². The molecule has 6 heteroatoms. The molecule has 1 atom stereocenters. The number of hydrogen-bond donors (Lipinski definition) is 2. The van der Waals surface area contributed by atoms with Gasteiger partial charge in [0.2, 0.25) is 6.79 Å². The van der Waals surface area contributed by atoms with Gasteiger partial charge in [-0.05, 0) is 24.6 Å². The van der Waals surface area contributed by atoms with E-state index in [0.717, 1.165) is 37.5 Å². The van der Waals surface area contributed by atoms with Gasteiger partial charge in [0.15, 0.2) is 11.5 Å². The molecule has 0 radical (unpaired) electrons. The summed E-state index contributed by atoms with van der Waals surface area (Å²) >= 11 is 0. The maximum Gasteiger partial charge on any atom is 0.324 e. The predicted octanol–water partition coefficient (Wildman–Crippen LogP) is 0.706. The van der Waals surface area contributed by atoms with Crippen LogP contribution in [0.15, 0.2) is 18.2 Å². The largest absolute Gasteiger partial charge is 0.480 e. The molecule has 1 aromatic carbocycles. The molecule has 1 saturated heterocycles. The van der Waals surface area contributed by atoms with Crippen LogP contribution in [0.3, 0.4) is 0 Å². The van der Waals surface area contributed by atoms with Gasteiger partial charge in [-0.15, -0.1) is 0 Å². The maximum absolute atomic E-state index is 11.8. The molecule has 1 fully saturated rings. The van der Waals surface area contributed by atoms with Crippen molar-refractivity contribution in [2.75, 3.05) is 33.0 Å². The fourth-order valence-corrected chi connectivity index (χ4v) is 2.93. The van der Waals surface area contributed by atoms with E-state index < -0.39 is 11.5 Å². The molecule has 114 valence electrons. The highest BCUT2D eigenvalue weighted by atomic mass is 16.7. The molecule has 21 heavy (non-hydrogen) atoms. The summed E-state index contributed by atoms with van der Waals surface area (Å²) in [6.45, 7) is 5.16. The lowest BCUT2D eigenvalue weighted by Crippen LogP contribution is -2.59. The Hall–Kier alpha value is -1.79. The number of nitrogens with one attached hydrogen (secondary N) is 1. The summed E-state index contributed by atoms with van der Waals surface area (Å²) in [4.78, 5) is 13.9. The Balaban J connectivity index is 1.83. The molecule has 2 aliphatic rings. The Bertz CT molecular complexity index is 542. The van der Waals surface area contributed by atoms with Crippen molar-refractivity contribution in [1.82, 2.24) is 10.2 Å². The highest BCUT2D eigenvalue weighted by molar-refractivity contribution is 5.79. The van der Waals surface area contributed by atoms with Crippen molar-refractivity contribution >= 4 is 5.97 Å². The van der Waals surface area contributed by atoms with Gasteiger partial charge in [0.05, 0.1) is 0 Å². The molecule has 2 N–H and O–H groups in total. The third kappa shape index (κ3) is 2.69. The first-order chi connectivity index (χ1) is 10.1. The number of carboxylic acid groups (broad SMARTS) is 1. The van der Waals surface area contributed by atoms with Crippen LogP contribution in [0.4, 0.5) is 0 Å². The Morgan fingerprint density at radius 2 is 2.05 bits per heavy atom. The normalized spacial score (nSPS) is 21.0. The predicted molar refractivity (Wildman–Crippen MR) is 76.8 cm³/mol. The molecule has 2 aliphatic heterocycles.